The van der Waals surface area contributed by atoms with Crippen LogP contribution < -0.4 is 0 Å². The number of thioether (sulfide) groups is 1. The van der Waals surface area contributed by atoms with Crippen LogP contribution in [0, 0.1) is 0 Å². The molecule has 2 nitrogen and oxygen atoms in total. The van der Waals surface area contributed by atoms with Gasteiger partial charge in [-0.2, -0.15) is 0 Å². The minimum atomic E-state index is -0.239. The molecule has 0 fully saturated rings. The van der Waals surface area contributed by atoms with Crippen molar-refractivity contribution in [3.63, 3.8) is 0 Å². The number of carbonyl (C=O) groups excluding carboxylic acids is 1. The van der Waals surface area contributed by atoms with E-state index < -0.39 is 0 Å². The zero-order valence-electron chi connectivity index (χ0n) is 8.80. The summed E-state index contributed by atoms with van der Waals surface area (Å²) in [5.41, 5.74) is 0. The van der Waals surface area contributed by atoms with E-state index in [9.17, 15) is 4.79 Å². The average Bonchev–Trinajstić information content (AvgIpc) is 2.12. The second-order valence-electron chi connectivity index (χ2n) is 3.23. The maximum Gasteiger partial charge on any atom is 0.145 e. The highest BCUT2D eigenvalue weighted by atomic mass is 32.2. The molecule has 0 aromatic rings. The van der Waals surface area contributed by atoms with Gasteiger partial charge in [0.05, 0.1) is 11.4 Å². The molecular formula is C10H20O2S. The van der Waals surface area contributed by atoms with Crippen molar-refractivity contribution in [3.8, 4) is 0 Å². The third kappa shape index (κ3) is 3.69. The first-order valence-electron chi connectivity index (χ1n) is 4.88. The maximum absolute atomic E-state index is 11.5. The van der Waals surface area contributed by atoms with Crippen LogP contribution in [-0.4, -0.2) is 28.0 Å². The molecule has 1 atom stereocenters. The second kappa shape index (κ2) is 6.44. The van der Waals surface area contributed by atoms with Gasteiger partial charge >= 0.3 is 0 Å². The topological polar surface area (TPSA) is 37.3 Å². The van der Waals surface area contributed by atoms with Crippen LogP contribution in [0.5, 0.6) is 0 Å². The monoisotopic (exact) mass is 204 g/mol. The number of aliphatic hydroxyl groups is 1. The van der Waals surface area contributed by atoms with E-state index in [1.54, 1.807) is 18.7 Å². The van der Waals surface area contributed by atoms with Crippen LogP contribution in [-0.2, 0) is 4.79 Å². The van der Waals surface area contributed by atoms with Crippen molar-refractivity contribution in [3.05, 3.63) is 0 Å². The number of hydrogen-bond acceptors (Lipinski definition) is 3. The molecule has 0 aliphatic carbocycles. The molecular weight excluding hydrogens is 184 g/mol. The van der Waals surface area contributed by atoms with E-state index in [1.807, 2.05) is 6.92 Å². The largest absolute Gasteiger partial charge is 0.396 e. The van der Waals surface area contributed by atoms with Crippen molar-refractivity contribution < 1.29 is 9.90 Å². The van der Waals surface area contributed by atoms with Crippen LogP contribution in [0.4, 0.5) is 0 Å². The smallest absolute Gasteiger partial charge is 0.145 e. The second-order valence-corrected chi connectivity index (χ2v) is 4.70. The molecule has 0 aromatic carbocycles. The summed E-state index contributed by atoms with van der Waals surface area (Å²) in [6, 6.07) is 0. The van der Waals surface area contributed by atoms with Crippen molar-refractivity contribution in [1.82, 2.24) is 0 Å². The number of rotatable bonds is 7. The number of ketones is 1. The predicted octanol–water partition coefficient (Wildman–Crippen LogP) is 2.25. The van der Waals surface area contributed by atoms with Crippen molar-refractivity contribution in [2.75, 3.05) is 12.4 Å². The molecule has 0 saturated carbocycles. The van der Waals surface area contributed by atoms with Crippen molar-refractivity contribution >= 4 is 17.5 Å². The molecule has 0 bridgehead atoms. The van der Waals surface area contributed by atoms with E-state index in [0.29, 0.717) is 5.75 Å². The zero-order valence-corrected chi connectivity index (χ0v) is 9.62. The molecule has 1 N–H and O–H groups in total. The van der Waals surface area contributed by atoms with E-state index in [4.69, 9.17) is 5.11 Å². The van der Waals surface area contributed by atoms with Gasteiger partial charge in [0.2, 0.25) is 0 Å². The SMILES string of the molecule is CCCC(CC)(SCCO)C(C)=O. The Morgan fingerprint density at radius 3 is 2.38 bits per heavy atom. The predicted molar refractivity (Wildman–Crippen MR) is 58.2 cm³/mol. The standard InChI is InChI=1S/C10H20O2S/c1-4-6-10(5-2,9(3)12)13-8-7-11/h11H,4-8H2,1-3H3. The summed E-state index contributed by atoms with van der Waals surface area (Å²) in [4.78, 5) is 11.5. The highest BCUT2D eigenvalue weighted by Crippen LogP contribution is 2.34. The van der Waals surface area contributed by atoms with Gasteiger partial charge in [-0.25, -0.2) is 0 Å². The van der Waals surface area contributed by atoms with Gasteiger partial charge in [-0.3, -0.25) is 4.79 Å². The molecule has 0 aliphatic heterocycles. The number of carbonyl (C=O) groups is 1. The van der Waals surface area contributed by atoms with Crippen LogP contribution in [0.25, 0.3) is 0 Å². The number of aliphatic hydroxyl groups excluding tert-OH is 1. The van der Waals surface area contributed by atoms with Crippen LogP contribution in [0.2, 0.25) is 0 Å². The quantitative estimate of drug-likeness (QED) is 0.691. The van der Waals surface area contributed by atoms with Gasteiger partial charge in [0.15, 0.2) is 0 Å². The number of hydrogen-bond donors (Lipinski definition) is 1. The lowest BCUT2D eigenvalue weighted by Gasteiger charge is -2.28. The van der Waals surface area contributed by atoms with Gasteiger partial charge in [-0.05, 0) is 19.8 Å². The van der Waals surface area contributed by atoms with E-state index >= 15 is 0 Å². The molecule has 3 heteroatoms. The van der Waals surface area contributed by atoms with Crippen molar-refractivity contribution in [2.45, 2.75) is 44.8 Å². The molecule has 78 valence electrons. The van der Waals surface area contributed by atoms with Gasteiger partial charge < -0.3 is 5.11 Å². The van der Waals surface area contributed by atoms with E-state index in [0.717, 1.165) is 19.3 Å². The lowest BCUT2D eigenvalue weighted by molar-refractivity contribution is -0.119. The molecule has 0 spiro atoms. The Balaban J connectivity index is 4.35. The van der Waals surface area contributed by atoms with Gasteiger partial charge in [0.1, 0.15) is 5.78 Å². The summed E-state index contributed by atoms with van der Waals surface area (Å²) < 4.78 is -0.239. The third-order valence-electron chi connectivity index (χ3n) is 2.34. The van der Waals surface area contributed by atoms with Crippen molar-refractivity contribution in [1.29, 1.82) is 0 Å². The van der Waals surface area contributed by atoms with E-state index in [-0.39, 0.29) is 17.1 Å². The van der Waals surface area contributed by atoms with Gasteiger partial charge in [-0.15, -0.1) is 11.8 Å². The van der Waals surface area contributed by atoms with Crippen LogP contribution in [0.3, 0.4) is 0 Å². The normalized spacial score (nSPS) is 15.4. The molecule has 13 heavy (non-hydrogen) atoms. The van der Waals surface area contributed by atoms with E-state index in [1.165, 1.54) is 0 Å². The zero-order chi connectivity index (χ0) is 10.3. The summed E-state index contributed by atoms with van der Waals surface area (Å²) in [7, 11) is 0. The summed E-state index contributed by atoms with van der Waals surface area (Å²) in [5.74, 6) is 0.906. The maximum atomic E-state index is 11.5. The number of Topliss-reactive ketones (excluding diaryl/α,β-unsaturated/α-hetero) is 1. The fourth-order valence-corrected chi connectivity index (χ4v) is 2.76. The highest BCUT2D eigenvalue weighted by Gasteiger charge is 2.32. The molecule has 0 aromatic heterocycles. The average molecular weight is 204 g/mol. The summed E-state index contributed by atoms with van der Waals surface area (Å²) >= 11 is 1.60. The first-order valence-corrected chi connectivity index (χ1v) is 5.87. The van der Waals surface area contributed by atoms with Gasteiger partial charge in [0, 0.05) is 5.75 Å². The molecule has 1 unspecified atom stereocenters. The Bertz CT molecular complexity index is 159. The molecule has 0 aliphatic rings. The fraction of sp³-hybridized carbons (Fsp3) is 0.900. The third-order valence-corrected chi connectivity index (χ3v) is 4.06. The summed E-state index contributed by atoms with van der Waals surface area (Å²) in [5, 5.41) is 8.74. The summed E-state index contributed by atoms with van der Waals surface area (Å²) in [6.45, 7) is 5.95. The molecule has 0 heterocycles. The molecule has 0 amide bonds. The Hall–Kier alpha value is -0.0200. The minimum Gasteiger partial charge on any atom is -0.396 e. The lowest BCUT2D eigenvalue weighted by Crippen LogP contribution is -2.33. The fourth-order valence-electron chi connectivity index (χ4n) is 1.52. The van der Waals surface area contributed by atoms with Crippen molar-refractivity contribution in [2.24, 2.45) is 0 Å². The minimum absolute atomic E-state index is 0.156. The van der Waals surface area contributed by atoms with Crippen LogP contribution in [0.1, 0.15) is 40.0 Å². The van der Waals surface area contributed by atoms with Gasteiger partial charge in [-0.1, -0.05) is 20.3 Å². The highest BCUT2D eigenvalue weighted by molar-refractivity contribution is 8.01. The molecule has 0 rings (SSSR count). The Morgan fingerprint density at radius 1 is 1.46 bits per heavy atom. The van der Waals surface area contributed by atoms with Gasteiger partial charge in [0.25, 0.3) is 0 Å². The van der Waals surface area contributed by atoms with Crippen LogP contribution >= 0.6 is 11.8 Å². The molecule has 0 saturated heterocycles. The Kier molecular flexibility index (Phi) is 6.43. The first kappa shape index (κ1) is 13.0. The Morgan fingerprint density at radius 2 is 2.08 bits per heavy atom. The van der Waals surface area contributed by atoms with E-state index in [2.05, 4.69) is 6.92 Å². The Labute approximate surface area is 85.1 Å². The molecule has 0 radical (unpaired) electrons. The van der Waals surface area contributed by atoms with Crippen LogP contribution in [0.15, 0.2) is 0 Å². The first-order chi connectivity index (χ1) is 6.13. The summed E-state index contributed by atoms with van der Waals surface area (Å²) in [6.07, 6.45) is 2.80. The lowest BCUT2D eigenvalue weighted by atomic mass is 9.95.